The van der Waals surface area contributed by atoms with Crippen LogP contribution in [-0.4, -0.2) is 37.2 Å². The van der Waals surface area contributed by atoms with Crippen LogP contribution in [0, 0.1) is 5.92 Å². The Morgan fingerprint density at radius 2 is 0.550 bits per heavy atom. The number of ether oxygens (including phenoxy) is 3. The minimum Gasteiger partial charge on any atom is -0.462 e. The molecule has 0 aromatic carbocycles. The third-order valence-corrected chi connectivity index (χ3v) is 12.3. The zero-order valence-electron chi connectivity index (χ0n) is 40.9. The molecule has 0 radical (unpaired) electrons. The lowest BCUT2D eigenvalue weighted by atomic mass is 10.0. The lowest BCUT2D eigenvalue weighted by Crippen LogP contribution is -2.30. The summed E-state index contributed by atoms with van der Waals surface area (Å²) in [5.41, 5.74) is 0. The van der Waals surface area contributed by atoms with Crippen LogP contribution in [0.1, 0.15) is 304 Å². The van der Waals surface area contributed by atoms with E-state index in [0.717, 1.165) is 63.7 Å². The van der Waals surface area contributed by atoms with E-state index in [-0.39, 0.29) is 31.1 Å². The molecule has 0 unspecified atom stereocenters. The molecule has 0 amide bonds. The molecule has 0 aliphatic rings. The summed E-state index contributed by atoms with van der Waals surface area (Å²) < 4.78 is 16.8. The first-order valence-corrected chi connectivity index (χ1v) is 26.9. The Hall–Kier alpha value is -1.59. The number of carbonyl (C=O) groups is 3. The lowest BCUT2D eigenvalue weighted by Gasteiger charge is -2.18. The first-order chi connectivity index (χ1) is 29.4. The second kappa shape index (κ2) is 48.4. The van der Waals surface area contributed by atoms with Crippen LogP contribution < -0.4 is 0 Å². The zero-order chi connectivity index (χ0) is 43.8. The van der Waals surface area contributed by atoms with Crippen molar-refractivity contribution in [2.45, 2.75) is 310 Å². The Morgan fingerprint density at radius 3 is 0.817 bits per heavy atom. The molecule has 0 saturated heterocycles. The van der Waals surface area contributed by atoms with Crippen LogP contribution in [0.15, 0.2) is 0 Å². The van der Waals surface area contributed by atoms with E-state index in [1.807, 2.05) is 0 Å². The van der Waals surface area contributed by atoms with Gasteiger partial charge in [-0.05, 0) is 25.2 Å². The van der Waals surface area contributed by atoms with Crippen LogP contribution >= 0.6 is 0 Å². The van der Waals surface area contributed by atoms with Gasteiger partial charge in [-0.25, -0.2) is 0 Å². The van der Waals surface area contributed by atoms with Crippen LogP contribution in [0.2, 0.25) is 0 Å². The smallest absolute Gasteiger partial charge is 0.306 e. The van der Waals surface area contributed by atoms with Gasteiger partial charge in [0.05, 0.1) is 0 Å². The first kappa shape index (κ1) is 58.4. The average Bonchev–Trinajstić information content (AvgIpc) is 3.23. The van der Waals surface area contributed by atoms with E-state index in [2.05, 4.69) is 27.7 Å². The van der Waals surface area contributed by atoms with Crippen LogP contribution in [0.4, 0.5) is 0 Å². The molecule has 0 rings (SSSR count). The molecule has 60 heavy (non-hydrogen) atoms. The number of hydrogen-bond donors (Lipinski definition) is 0. The number of unbranched alkanes of at least 4 members (excludes halogenated alkanes) is 36. The van der Waals surface area contributed by atoms with Crippen molar-refractivity contribution in [3.05, 3.63) is 0 Å². The van der Waals surface area contributed by atoms with Crippen LogP contribution in [0.25, 0.3) is 0 Å². The summed E-state index contributed by atoms with van der Waals surface area (Å²) >= 11 is 0. The SMILES string of the molecule is CCCCCCCCCCCCCCCCCCCCCC(=O)OC[C@@H](COC(=O)CCCCCCCCCCCCCCCC)OC(=O)CCCCCCCCC(C)C. The van der Waals surface area contributed by atoms with E-state index in [1.54, 1.807) is 0 Å². The molecule has 356 valence electrons. The lowest BCUT2D eigenvalue weighted by molar-refractivity contribution is -0.167. The molecular formula is C54H104O6. The van der Waals surface area contributed by atoms with Crippen molar-refractivity contribution >= 4 is 17.9 Å². The molecule has 0 aliphatic carbocycles. The van der Waals surface area contributed by atoms with Crippen molar-refractivity contribution in [3.8, 4) is 0 Å². The van der Waals surface area contributed by atoms with Gasteiger partial charge in [0.25, 0.3) is 0 Å². The number of hydrogen-bond acceptors (Lipinski definition) is 6. The van der Waals surface area contributed by atoms with Gasteiger partial charge >= 0.3 is 17.9 Å². The predicted molar refractivity (Wildman–Crippen MR) is 257 cm³/mol. The van der Waals surface area contributed by atoms with Crippen molar-refractivity contribution in [3.63, 3.8) is 0 Å². The van der Waals surface area contributed by atoms with Gasteiger partial charge in [-0.1, -0.05) is 265 Å². The number of rotatable bonds is 49. The zero-order valence-corrected chi connectivity index (χ0v) is 40.9. The quantitative estimate of drug-likeness (QED) is 0.0345. The molecule has 0 heterocycles. The van der Waals surface area contributed by atoms with Crippen molar-refractivity contribution in [1.29, 1.82) is 0 Å². The third-order valence-electron chi connectivity index (χ3n) is 12.3. The van der Waals surface area contributed by atoms with E-state index in [1.165, 1.54) is 199 Å². The van der Waals surface area contributed by atoms with Gasteiger partial charge in [0.1, 0.15) is 13.2 Å². The monoisotopic (exact) mass is 849 g/mol. The summed E-state index contributed by atoms with van der Waals surface area (Å²) in [4.78, 5) is 37.9. The van der Waals surface area contributed by atoms with Crippen molar-refractivity contribution < 1.29 is 28.6 Å². The maximum Gasteiger partial charge on any atom is 0.306 e. The highest BCUT2D eigenvalue weighted by Crippen LogP contribution is 2.17. The number of carbonyl (C=O) groups excluding carboxylic acids is 3. The Morgan fingerprint density at radius 1 is 0.317 bits per heavy atom. The summed E-state index contributed by atoms with van der Waals surface area (Å²) in [6, 6.07) is 0. The standard InChI is InChI=1S/C54H104O6/c1-5-7-9-11-13-15-17-19-21-22-23-24-25-27-29-31-33-38-42-46-53(56)59-49-51(60-54(57)47-43-39-35-34-36-40-44-50(3)4)48-58-52(55)45-41-37-32-30-28-26-20-18-16-14-12-10-8-6-2/h50-51H,5-49H2,1-4H3/t51-/m1/s1. The average molecular weight is 849 g/mol. The second-order valence-electron chi connectivity index (χ2n) is 19.0. The van der Waals surface area contributed by atoms with Gasteiger partial charge in [0.15, 0.2) is 6.10 Å². The van der Waals surface area contributed by atoms with Gasteiger partial charge in [-0.3, -0.25) is 14.4 Å². The molecule has 0 saturated carbocycles. The van der Waals surface area contributed by atoms with Crippen LogP contribution in [0.3, 0.4) is 0 Å². The Balaban J connectivity index is 4.19. The van der Waals surface area contributed by atoms with E-state index in [9.17, 15) is 14.4 Å². The highest BCUT2D eigenvalue weighted by Gasteiger charge is 2.19. The van der Waals surface area contributed by atoms with Crippen molar-refractivity contribution in [1.82, 2.24) is 0 Å². The van der Waals surface area contributed by atoms with Gasteiger partial charge in [-0.15, -0.1) is 0 Å². The summed E-state index contributed by atoms with van der Waals surface area (Å²) in [6.07, 6.45) is 51.1. The fraction of sp³-hybridized carbons (Fsp3) is 0.944. The van der Waals surface area contributed by atoms with Gasteiger partial charge in [0.2, 0.25) is 0 Å². The molecular weight excluding hydrogens is 745 g/mol. The fourth-order valence-corrected chi connectivity index (χ4v) is 8.22. The summed E-state index contributed by atoms with van der Waals surface area (Å²) in [7, 11) is 0. The molecule has 0 spiro atoms. The minimum atomic E-state index is -0.761. The van der Waals surface area contributed by atoms with Gasteiger partial charge in [-0.2, -0.15) is 0 Å². The highest BCUT2D eigenvalue weighted by atomic mass is 16.6. The molecule has 6 nitrogen and oxygen atoms in total. The normalized spacial score (nSPS) is 11.9. The van der Waals surface area contributed by atoms with Gasteiger partial charge in [0, 0.05) is 19.3 Å². The van der Waals surface area contributed by atoms with Crippen molar-refractivity contribution in [2.75, 3.05) is 13.2 Å². The summed E-state index contributed by atoms with van der Waals surface area (Å²) in [5.74, 6) is -0.0893. The predicted octanol–water partition coefficient (Wildman–Crippen LogP) is 17.5. The van der Waals surface area contributed by atoms with Crippen LogP contribution in [-0.2, 0) is 28.6 Å². The van der Waals surface area contributed by atoms with E-state index < -0.39 is 6.10 Å². The first-order valence-electron chi connectivity index (χ1n) is 26.9. The topological polar surface area (TPSA) is 78.9 Å². The van der Waals surface area contributed by atoms with E-state index >= 15 is 0 Å². The molecule has 0 bridgehead atoms. The second-order valence-corrected chi connectivity index (χ2v) is 19.0. The van der Waals surface area contributed by atoms with Crippen molar-refractivity contribution in [2.24, 2.45) is 5.92 Å². The fourth-order valence-electron chi connectivity index (χ4n) is 8.22. The summed E-state index contributed by atoms with van der Waals surface area (Å²) in [6.45, 7) is 8.97. The Labute approximate surface area is 374 Å². The molecule has 0 aromatic heterocycles. The maximum atomic E-state index is 12.7. The molecule has 0 aromatic rings. The van der Waals surface area contributed by atoms with Crippen LogP contribution in [0.5, 0.6) is 0 Å². The molecule has 1 atom stereocenters. The summed E-state index contributed by atoms with van der Waals surface area (Å²) in [5, 5.41) is 0. The molecule has 0 fully saturated rings. The Bertz CT molecular complexity index is 903. The van der Waals surface area contributed by atoms with E-state index in [4.69, 9.17) is 14.2 Å². The maximum absolute atomic E-state index is 12.7. The van der Waals surface area contributed by atoms with Gasteiger partial charge < -0.3 is 14.2 Å². The third kappa shape index (κ3) is 47.5. The highest BCUT2D eigenvalue weighted by molar-refractivity contribution is 5.71. The minimum absolute atomic E-state index is 0.0638. The molecule has 0 N–H and O–H groups in total. The molecule has 6 heteroatoms. The Kier molecular flexibility index (Phi) is 47.2. The van der Waals surface area contributed by atoms with E-state index in [0.29, 0.717) is 19.3 Å². The largest absolute Gasteiger partial charge is 0.462 e. The molecule has 0 aliphatic heterocycles. The number of esters is 3.